The van der Waals surface area contributed by atoms with E-state index in [0.29, 0.717) is 0 Å². The molecule has 0 atom stereocenters. The molecular formula is C17H28IN5S. The quantitative estimate of drug-likeness (QED) is 0.391. The predicted molar refractivity (Wildman–Crippen MR) is 113 cm³/mol. The lowest BCUT2D eigenvalue weighted by Gasteiger charge is -2.22. The maximum atomic E-state index is 4.74. The molecule has 0 fully saturated rings. The monoisotopic (exact) mass is 461 g/mol. The van der Waals surface area contributed by atoms with Crippen molar-refractivity contribution in [3.63, 3.8) is 0 Å². The van der Waals surface area contributed by atoms with Crippen molar-refractivity contribution < 1.29 is 0 Å². The van der Waals surface area contributed by atoms with Gasteiger partial charge in [-0.3, -0.25) is 4.99 Å². The van der Waals surface area contributed by atoms with Crippen molar-refractivity contribution in [3.05, 3.63) is 40.1 Å². The zero-order valence-corrected chi connectivity index (χ0v) is 18.1. The zero-order valence-electron chi connectivity index (χ0n) is 15.0. The number of halogens is 1. The van der Waals surface area contributed by atoms with Gasteiger partial charge in [0.1, 0.15) is 0 Å². The molecule has 0 aromatic carbocycles. The SMILES string of the molecule is CCNC(=NCCc1ncc(CC)s1)N(C)Cc1cccn1C.I. The molecule has 24 heavy (non-hydrogen) atoms. The van der Waals surface area contributed by atoms with E-state index in [1.54, 1.807) is 11.3 Å². The molecule has 0 aliphatic heterocycles. The molecule has 1 N–H and O–H groups in total. The molecule has 7 heteroatoms. The molecule has 0 unspecified atom stereocenters. The second-order valence-corrected chi connectivity index (χ2v) is 6.73. The number of nitrogens with one attached hydrogen (secondary N) is 1. The summed E-state index contributed by atoms with van der Waals surface area (Å²) in [6, 6.07) is 4.21. The van der Waals surface area contributed by atoms with Gasteiger partial charge in [0.15, 0.2) is 5.96 Å². The van der Waals surface area contributed by atoms with Gasteiger partial charge in [-0.25, -0.2) is 4.98 Å². The van der Waals surface area contributed by atoms with Gasteiger partial charge in [-0.05, 0) is 25.5 Å². The lowest BCUT2D eigenvalue weighted by Crippen LogP contribution is -2.39. The number of thiazole rings is 1. The third kappa shape index (κ3) is 6.08. The lowest BCUT2D eigenvalue weighted by atomic mass is 10.4. The Morgan fingerprint density at radius 1 is 1.42 bits per heavy atom. The minimum atomic E-state index is 0. The summed E-state index contributed by atoms with van der Waals surface area (Å²) in [5.74, 6) is 0.945. The Morgan fingerprint density at radius 3 is 2.79 bits per heavy atom. The predicted octanol–water partition coefficient (Wildman–Crippen LogP) is 3.30. The van der Waals surface area contributed by atoms with Crippen molar-refractivity contribution in [2.75, 3.05) is 20.1 Å². The van der Waals surface area contributed by atoms with Crippen LogP contribution in [-0.2, 0) is 26.4 Å². The van der Waals surface area contributed by atoms with E-state index in [1.165, 1.54) is 15.6 Å². The van der Waals surface area contributed by atoms with E-state index in [2.05, 4.69) is 66.0 Å². The van der Waals surface area contributed by atoms with Gasteiger partial charge in [0.05, 0.1) is 11.6 Å². The molecule has 0 aliphatic carbocycles. The number of nitrogens with zero attached hydrogens (tertiary/aromatic N) is 4. The molecule has 0 amide bonds. The number of guanidine groups is 1. The minimum absolute atomic E-state index is 0. The van der Waals surface area contributed by atoms with Crippen LogP contribution in [0.2, 0.25) is 0 Å². The van der Waals surface area contributed by atoms with Crippen molar-refractivity contribution >= 4 is 41.3 Å². The summed E-state index contributed by atoms with van der Waals surface area (Å²) in [5, 5.41) is 4.54. The highest BCUT2D eigenvalue weighted by Crippen LogP contribution is 2.13. The summed E-state index contributed by atoms with van der Waals surface area (Å²) in [7, 11) is 4.15. The standard InChI is InChI=1S/C17H27N5S.HI/c1-5-15-12-20-16(23-15)9-10-19-17(18-6-2)22(4)13-14-8-7-11-21(14)3;/h7-8,11-12H,5-6,9-10,13H2,1-4H3,(H,18,19);1H. The summed E-state index contributed by atoms with van der Waals surface area (Å²) < 4.78 is 2.14. The number of aromatic nitrogens is 2. The minimum Gasteiger partial charge on any atom is -0.357 e. The molecule has 0 aliphatic rings. The van der Waals surface area contributed by atoms with Gasteiger partial charge in [0.2, 0.25) is 0 Å². The van der Waals surface area contributed by atoms with Crippen LogP contribution in [0.3, 0.4) is 0 Å². The van der Waals surface area contributed by atoms with E-state index in [-0.39, 0.29) is 24.0 Å². The molecule has 0 bridgehead atoms. The molecule has 5 nitrogen and oxygen atoms in total. The molecule has 2 aromatic rings. The molecular weight excluding hydrogens is 433 g/mol. The Hall–Kier alpha value is -1.09. The molecule has 0 radical (unpaired) electrons. The van der Waals surface area contributed by atoms with E-state index in [1.807, 2.05) is 6.20 Å². The highest BCUT2D eigenvalue weighted by atomic mass is 127. The van der Waals surface area contributed by atoms with Gasteiger partial charge in [0, 0.05) is 56.6 Å². The van der Waals surface area contributed by atoms with E-state index in [4.69, 9.17) is 4.99 Å². The maximum absolute atomic E-state index is 4.74. The smallest absolute Gasteiger partial charge is 0.194 e. The van der Waals surface area contributed by atoms with E-state index in [0.717, 1.165) is 38.4 Å². The summed E-state index contributed by atoms with van der Waals surface area (Å²) >= 11 is 1.79. The van der Waals surface area contributed by atoms with Crippen molar-refractivity contribution in [2.45, 2.75) is 33.2 Å². The van der Waals surface area contributed by atoms with Crippen LogP contribution >= 0.6 is 35.3 Å². The van der Waals surface area contributed by atoms with Gasteiger partial charge >= 0.3 is 0 Å². The second kappa shape index (κ2) is 10.7. The number of hydrogen-bond acceptors (Lipinski definition) is 3. The summed E-state index contributed by atoms with van der Waals surface area (Å²) in [5.41, 5.74) is 1.27. The second-order valence-electron chi connectivity index (χ2n) is 5.53. The summed E-state index contributed by atoms with van der Waals surface area (Å²) in [6.45, 7) is 6.73. The molecule has 2 rings (SSSR count). The third-order valence-electron chi connectivity index (χ3n) is 3.68. The molecule has 2 aromatic heterocycles. The number of rotatable bonds is 7. The van der Waals surface area contributed by atoms with Gasteiger partial charge in [-0.2, -0.15) is 0 Å². The Bertz CT molecular complexity index is 634. The fourth-order valence-electron chi connectivity index (χ4n) is 2.33. The van der Waals surface area contributed by atoms with Crippen LogP contribution in [0.5, 0.6) is 0 Å². The Kier molecular flexibility index (Phi) is 9.35. The van der Waals surface area contributed by atoms with Crippen molar-refractivity contribution in [3.8, 4) is 0 Å². The first-order valence-electron chi connectivity index (χ1n) is 8.17. The van der Waals surface area contributed by atoms with Gasteiger partial charge < -0.3 is 14.8 Å². The average Bonchev–Trinajstić information content (AvgIpc) is 3.16. The topological polar surface area (TPSA) is 45.5 Å². The molecule has 0 saturated carbocycles. The Morgan fingerprint density at radius 2 is 2.21 bits per heavy atom. The maximum Gasteiger partial charge on any atom is 0.194 e. The summed E-state index contributed by atoms with van der Waals surface area (Å²) in [6.07, 6.45) is 6.01. The molecule has 2 heterocycles. The van der Waals surface area contributed by atoms with E-state index in [9.17, 15) is 0 Å². The number of hydrogen-bond donors (Lipinski definition) is 1. The van der Waals surface area contributed by atoms with E-state index >= 15 is 0 Å². The Labute approximate surface area is 166 Å². The Balaban J connectivity index is 0.00000288. The fourth-order valence-corrected chi connectivity index (χ4v) is 3.18. The normalized spacial score (nSPS) is 11.2. The number of aryl methyl sites for hydroxylation is 2. The first-order chi connectivity index (χ1) is 11.1. The highest BCUT2D eigenvalue weighted by molar-refractivity contribution is 14.0. The van der Waals surface area contributed by atoms with Crippen LogP contribution < -0.4 is 5.32 Å². The van der Waals surface area contributed by atoms with Gasteiger partial charge in [0.25, 0.3) is 0 Å². The van der Waals surface area contributed by atoms with Crippen LogP contribution in [-0.4, -0.2) is 40.5 Å². The van der Waals surface area contributed by atoms with Crippen LogP contribution in [0.4, 0.5) is 0 Å². The van der Waals surface area contributed by atoms with Crippen LogP contribution in [0.15, 0.2) is 29.5 Å². The van der Waals surface area contributed by atoms with Crippen LogP contribution in [0.25, 0.3) is 0 Å². The van der Waals surface area contributed by atoms with Gasteiger partial charge in [-0.1, -0.05) is 6.92 Å². The summed E-state index contributed by atoms with van der Waals surface area (Å²) in [4.78, 5) is 12.7. The first kappa shape index (κ1) is 21.0. The average molecular weight is 461 g/mol. The number of aliphatic imine (C=N–C) groups is 1. The van der Waals surface area contributed by atoms with Crippen molar-refractivity contribution in [1.29, 1.82) is 0 Å². The zero-order chi connectivity index (χ0) is 16.7. The molecule has 0 spiro atoms. The van der Waals surface area contributed by atoms with Crippen molar-refractivity contribution in [2.24, 2.45) is 12.0 Å². The van der Waals surface area contributed by atoms with Gasteiger partial charge in [-0.15, -0.1) is 35.3 Å². The van der Waals surface area contributed by atoms with Crippen LogP contribution in [0, 0.1) is 0 Å². The van der Waals surface area contributed by atoms with Crippen LogP contribution in [0.1, 0.15) is 29.4 Å². The first-order valence-corrected chi connectivity index (χ1v) is 8.98. The highest BCUT2D eigenvalue weighted by Gasteiger charge is 2.08. The largest absolute Gasteiger partial charge is 0.357 e. The van der Waals surface area contributed by atoms with Crippen molar-refractivity contribution in [1.82, 2.24) is 19.8 Å². The van der Waals surface area contributed by atoms with E-state index < -0.39 is 0 Å². The third-order valence-corrected chi connectivity index (χ3v) is 4.89. The fraction of sp³-hybridized carbons (Fsp3) is 0.529. The molecule has 134 valence electrons. The molecule has 0 saturated heterocycles. The lowest BCUT2D eigenvalue weighted by molar-refractivity contribution is 0.462.